The summed E-state index contributed by atoms with van der Waals surface area (Å²) < 4.78 is 0. The molecule has 0 radical (unpaired) electrons. The lowest BCUT2D eigenvalue weighted by molar-refractivity contribution is 1.64. The van der Waals surface area contributed by atoms with Crippen molar-refractivity contribution in [2.45, 2.75) is 6.55 Å². The van der Waals surface area contributed by atoms with Crippen LogP contribution in [0, 0.1) is 0 Å². The highest BCUT2D eigenvalue weighted by Gasteiger charge is 2.34. The summed E-state index contributed by atoms with van der Waals surface area (Å²) in [6, 6.07) is 39.8. The summed E-state index contributed by atoms with van der Waals surface area (Å²) in [5.41, 5.74) is 3.94. The van der Waals surface area contributed by atoms with E-state index in [4.69, 9.17) is 0 Å². The second-order valence-corrected chi connectivity index (χ2v) is 11.2. The third kappa shape index (κ3) is 3.29. The van der Waals surface area contributed by atoms with E-state index in [1.54, 1.807) is 0 Å². The highest BCUT2D eigenvalue weighted by atomic mass is 28.3. The van der Waals surface area contributed by atoms with Gasteiger partial charge in [0.25, 0.3) is 0 Å². The van der Waals surface area contributed by atoms with Crippen LogP contribution >= 0.6 is 0 Å². The fraction of sp³-hybridized carbons (Fsp3) is 0.0400. The van der Waals surface area contributed by atoms with Gasteiger partial charge in [0, 0.05) is 0 Å². The maximum absolute atomic E-state index is 2.47. The third-order valence-electron chi connectivity index (χ3n) is 5.60. The minimum absolute atomic E-state index is 1.30. The second-order valence-electron chi connectivity index (χ2n) is 7.25. The number of hydrogen-bond donors (Lipinski definition) is 0. The average Bonchev–Trinajstić information content (AvgIpc) is 2.75. The van der Waals surface area contributed by atoms with Crippen LogP contribution in [0.25, 0.3) is 11.1 Å². The van der Waals surface area contributed by atoms with Gasteiger partial charge in [0.15, 0.2) is 0 Å². The zero-order chi connectivity index (χ0) is 18.7. The van der Waals surface area contributed by atoms with Crippen molar-refractivity contribution < 1.29 is 0 Å². The van der Waals surface area contributed by atoms with Gasteiger partial charge in [0.05, 0.1) is 0 Å². The maximum atomic E-state index is 2.47. The molecule has 0 spiro atoms. The molecule has 2 heteroatoms. The Morgan fingerprint density at radius 1 is 0.556 bits per heavy atom. The molecule has 0 fully saturated rings. The molecule has 4 aromatic carbocycles. The molecule has 0 amide bonds. The van der Waals surface area contributed by atoms with Crippen molar-refractivity contribution in [2.75, 3.05) is 0 Å². The Kier molecular flexibility index (Phi) is 4.83. The summed E-state index contributed by atoms with van der Waals surface area (Å²) in [4.78, 5) is 0. The summed E-state index contributed by atoms with van der Waals surface area (Å²) in [6.45, 7) is 2.47. The van der Waals surface area contributed by atoms with E-state index in [9.17, 15) is 0 Å². The Hall–Kier alpha value is -2.84. The lowest BCUT2D eigenvalue weighted by Gasteiger charge is -2.30. The fourth-order valence-corrected chi connectivity index (χ4v) is 7.53. The van der Waals surface area contributed by atoms with Crippen molar-refractivity contribution in [3.63, 3.8) is 0 Å². The van der Waals surface area contributed by atoms with Crippen LogP contribution in [-0.4, -0.2) is 15.9 Å². The van der Waals surface area contributed by atoms with E-state index in [1.807, 2.05) is 0 Å². The predicted molar refractivity (Wildman–Crippen MR) is 123 cm³/mol. The van der Waals surface area contributed by atoms with Gasteiger partial charge in [-0.25, -0.2) is 0 Å². The van der Waals surface area contributed by atoms with E-state index in [0.29, 0.717) is 0 Å². The largest absolute Gasteiger partial charge is 0.145 e. The maximum Gasteiger partial charge on any atom is 0.145 e. The van der Waals surface area contributed by atoms with Crippen LogP contribution in [0.4, 0.5) is 0 Å². The molecule has 0 aliphatic rings. The third-order valence-corrected chi connectivity index (χ3v) is 10.0. The molecule has 4 aromatic rings. The number of rotatable bonds is 4. The van der Waals surface area contributed by atoms with Gasteiger partial charge in [-0.1, -0.05) is 121 Å². The molecule has 0 heterocycles. The highest BCUT2D eigenvalue weighted by Crippen LogP contribution is 2.17. The highest BCUT2D eigenvalue weighted by molar-refractivity contribution is 7.10. The lowest BCUT2D eigenvalue weighted by Crippen LogP contribution is -2.64. The van der Waals surface area contributed by atoms with E-state index in [-0.39, 0.29) is 0 Å². The molecule has 0 aliphatic heterocycles. The molecule has 0 N–H and O–H groups in total. The Balaban J connectivity index is 1.92. The Morgan fingerprint density at radius 2 is 1.07 bits per heavy atom. The molecular weight excluding hydrogens is 339 g/mol. The summed E-state index contributed by atoms with van der Waals surface area (Å²) >= 11 is 0. The molecule has 0 saturated heterocycles. The van der Waals surface area contributed by atoms with Crippen LogP contribution < -0.4 is 21.0 Å². The van der Waals surface area contributed by atoms with Gasteiger partial charge in [-0.2, -0.15) is 0 Å². The van der Waals surface area contributed by atoms with Crippen molar-refractivity contribution in [2.24, 2.45) is 0 Å². The molecular formula is C25H23BSi. The standard InChI is InChI=1S/C25H23BSi/c1-27(21-12-4-2-5-13-21,22-14-6-3-7-15-22)23-16-10-11-20(19-23)24-17-8-9-18-25(24)26/h2-19H,26H2,1H3. The van der Waals surface area contributed by atoms with Gasteiger partial charge < -0.3 is 0 Å². The molecule has 0 aliphatic carbocycles. The van der Waals surface area contributed by atoms with Gasteiger partial charge in [0.1, 0.15) is 15.9 Å². The molecule has 130 valence electrons. The first-order valence-corrected chi connectivity index (χ1v) is 12.0. The van der Waals surface area contributed by atoms with Crippen molar-refractivity contribution >= 4 is 36.9 Å². The minimum atomic E-state index is -2.06. The van der Waals surface area contributed by atoms with Crippen LogP contribution in [-0.2, 0) is 0 Å². The van der Waals surface area contributed by atoms with Crippen molar-refractivity contribution in [3.05, 3.63) is 109 Å². The Morgan fingerprint density at radius 3 is 1.67 bits per heavy atom. The van der Waals surface area contributed by atoms with Gasteiger partial charge >= 0.3 is 0 Å². The SMILES string of the molecule is Bc1ccccc1-c1cccc([Si](C)(c2ccccc2)c2ccccc2)c1. The smallest absolute Gasteiger partial charge is 0.0813 e. The Labute approximate surface area is 164 Å². The lowest BCUT2D eigenvalue weighted by atomic mass is 9.87. The van der Waals surface area contributed by atoms with E-state index >= 15 is 0 Å². The summed E-state index contributed by atoms with van der Waals surface area (Å²) in [5.74, 6) is 0. The first-order valence-electron chi connectivity index (χ1n) is 9.47. The zero-order valence-corrected chi connectivity index (χ0v) is 16.9. The second kappa shape index (κ2) is 7.42. The molecule has 0 aromatic heterocycles. The molecule has 0 unspecified atom stereocenters. The van der Waals surface area contributed by atoms with Gasteiger partial charge in [0.2, 0.25) is 0 Å². The Bertz CT molecular complexity index is 1000. The minimum Gasteiger partial charge on any atom is -0.0813 e. The quantitative estimate of drug-likeness (QED) is 0.387. The van der Waals surface area contributed by atoms with Crippen LogP contribution in [0.15, 0.2) is 109 Å². The summed E-state index contributed by atoms with van der Waals surface area (Å²) in [7, 11) is 0.128. The first-order chi connectivity index (χ1) is 13.2. The van der Waals surface area contributed by atoms with Crippen molar-refractivity contribution in [1.82, 2.24) is 0 Å². The van der Waals surface area contributed by atoms with Crippen molar-refractivity contribution in [3.8, 4) is 11.1 Å². The van der Waals surface area contributed by atoms with Gasteiger partial charge in [-0.15, -0.1) is 0 Å². The molecule has 0 bridgehead atoms. The summed E-state index contributed by atoms with van der Waals surface area (Å²) in [5, 5.41) is 4.33. The molecule has 0 atom stereocenters. The number of benzene rings is 4. The molecule has 0 nitrogen and oxygen atoms in total. The van der Waals surface area contributed by atoms with E-state index in [2.05, 4.69) is 124 Å². The van der Waals surface area contributed by atoms with Crippen LogP contribution in [0.1, 0.15) is 0 Å². The summed E-state index contributed by atoms with van der Waals surface area (Å²) in [6.07, 6.45) is 0. The normalized spacial score (nSPS) is 11.3. The van der Waals surface area contributed by atoms with Crippen LogP contribution in [0.2, 0.25) is 6.55 Å². The van der Waals surface area contributed by atoms with Crippen LogP contribution in [0.3, 0.4) is 0 Å². The monoisotopic (exact) mass is 362 g/mol. The van der Waals surface area contributed by atoms with E-state index in [1.165, 1.54) is 32.1 Å². The number of hydrogen-bond acceptors (Lipinski definition) is 0. The first kappa shape index (κ1) is 17.6. The predicted octanol–water partition coefficient (Wildman–Crippen LogP) is 2.71. The molecule has 0 saturated carbocycles. The zero-order valence-electron chi connectivity index (χ0n) is 15.9. The van der Waals surface area contributed by atoms with Crippen LogP contribution in [0.5, 0.6) is 0 Å². The van der Waals surface area contributed by atoms with Gasteiger partial charge in [-0.3, -0.25) is 0 Å². The van der Waals surface area contributed by atoms with Gasteiger partial charge in [-0.05, 0) is 26.7 Å². The average molecular weight is 362 g/mol. The van der Waals surface area contributed by atoms with E-state index < -0.39 is 8.07 Å². The van der Waals surface area contributed by atoms with Crippen molar-refractivity contribution in [1.29, 1.82) is 0 Å². The molecule has 4 rings (SSSR count). The topological polar surface area (TPSA) is 0 Å². The van der Waals surface area contributed by atoms with E-state index in [0.717, 1.165) is 0 Å². The fourth-order valence-electron chi connectivity index (χ4n) is 3.94. The molecule has 27 heavy (non-hydrogen) atoms.